The Kier molecular flexibility index (Phi) is 14.5. The molecule has 2 saturated heterocycles. The van der Waals surface area contributed by atoms with Crippen molar-refractivity contribution in [3.05, 3.63) is 51.6 Å². The van der Waals surface area contributed by atoms with Gasteiger partial charge in [-0.2, -0.15) is 0 Å². The topological polar surface area (TPSA) is 314 Å². The Balaban J connectivity index is 1.09. The minimum atomic E-state index is -2.33. The lowest BCUT2D eigenvalue weighted by Gasteiger charge is -2.43. The molecule has 2 heterocycles. The highest BCUT2D eigenvalue weighted by Crippen LogP contribution is 2.52. The molecule has 0 bridgehead atoms. The maximum Gasteiger partial charge on any atom is 0.242 e. The predicted molar refractivity (Wildman–Crippen MR) is 212 cm³/mol. The van der Waals surface area contributed by atoms with Crippen molar-refractivity contribution < 1.29 is 78.4 Å². The second-order valence-corrected chi connectivity index (χ2v) is 16.5. The van der Waals surface area contributed by atoms with Crippen LogP contribution < -0.4 is 21.1 Å². The number of aliphatic hydroxyl groups excluding tert-OH is 3. The molecule has 8 atom stereocenters. The number of nitrogens with zero attached hydrogens (tertiary/aromatic N) is 1. The van der Waals surface area contributed by atoms with Crippen LogP contribution in [-0.2, 0) is 39.8 Å². The molecule has 61 heavy (non-hydrogen) atoms. The second-order valence-electron chi connectivity index (χ2n) is 15.2. The summed E-state index contributed by atoms with van der Waals surface area (Å²) in [7, 11) is 1.30. The first-order chi connectivity index (χ1) is 29.1. The average molecular weight is 875 g/mol. The maximum atomic E-state index is 13.9. The van der Waals surface area contributed by atoms with E-state index >= 15 is 0 Å². The lowest BCUT2D eigenvalue weighted by Crippen LogP contribution is -2.55. The first-order valence-corrected chi connectivity index (χ1v) is 20.7. The Hall–Kier alpha value is -4.55. The number of fused-ring (bicyclic) bond motifs is 3. The zero-order valence-corrected chi connectivity index (χ0v) is 34.3. The van der Waals surface area contributed by atoms with E-state index in [9.17, 15) is 54.3 Å². The number of carbonyl (C=O) groups is 6. The number of ketones is 3. The number of phenolic OH excluding ortho intramolecular Hbond substituents is 2. The number of imide groups is 1. The van der Waals surface area contributed by atoms with E-state index in [1.165, 1.54) is 37.1 Å². The fourth-order valence-corrected chi connectivity index (χ4v) is 9.13. The van der Waals surface area contributed by atoms with Crippen LogP contribution in [0.4, 0.5) is 0 Å². The van der Waals surface area contributed by atoms with Gasteiger partial charge < -0.3 is 66.0 Å². The number of likely N-dealkylation sites (tertiary alicyclic amines) is 1. The maximum absolute atomic E-state index is 13.9. The number of ether oxygens (including phenoxy) is 4. The molecule has 3 amide bonds. The van der Waals surface area contributed by atoms with Gasteiger partial charge in [-0.05, 0) is 13.0 Å². The molecular formula is C40H50N4O16S. The Labute approximate surface area is 353 Å². The Bertz CT molecular complexity index is 2070. The highest BCUT2D eigenvalue weighted by Gasteiger charge is 2.50. The number of aromatic hydroxyl groups is 2. The van der Waals surface area contributed by atoms with Crippen molar-refractivity contribution >= 4 is 46.8 Å². The molecule has 20 nitrogen and oxygen atoms in total. The third kappa shape index (κ3) is 9.17. The number of hydrogen-bond acceptors (Lipinski definition) is 19. The normalized spacial score (nSPS) is 26.4. The van der Waals surface area contributed by atoms with Crippen LogP contribution in [0, 0.1) is 0 Å². The largest absolute Gasteiger partial charge is 0.507 e. The predicted octanol–water partition coefficient (Wildman–Crippen LogP) is -2.05. The molecule has 0 aromatic heterocycles. The molecule has 4 aliphatic rings. The molecular weight excluding hydrogens is 825 g/mol. The molecule has 2 aliphatic carbocycles. The van der Waals surface area contributed by atoms with Crippen LogP contribution in [0.15, 0.2) is 18.2 Å². The summed E-state index contributed by atoms with van der Waals surface area (Å²) in [5.74, 6) is -4.93. The number of carbonyl (C=O) groups excluding carboxylic acids is 6. The fraction of sp³-hybridized carbons (Fsp3) is 0.550. The van der Waals surface area contributed by atoms with E-state index in [1.807, 2.05) is 0 Å². The van der Waals surface area contributed by atoms with Crippen LogP contribution in [0.2, 0.25) is 0 Å². The van der Waals surface area contributed by atoms with E-state index in [1.54, 1.807) is 6.92 Å². The summed E-state index contributed by atoms with van der Waals surface area (Å²) in [4.78, 5) is 78.9. The Morgan fingerprint density at radius 2 is 1.80 bits per heavy atom. The van der Waals surface area contributed by atoms with Gasteiger partial charge in [-0.3, -0.25) is 33.7 Å². The summed E-state index contributed by atoms with van der Waals surface area (Å²) < 4.78 is 23.2. The number of methoxy groups -OCH3 is 1. The van der Waals surface area contributed by atoms with Gasteiger partial charge in [0.05, 0.1) is 73.7 Å². The van der Waals surface area contributed by atoms with E-state index in [0.29, 0.717) is 5.75 Å². The number of rotatable bonds is 18. The van der Waals surface area contributed by atoms with Crippen LogP contribution in [0.1, 0.15) is 75.3 Å². The highest BCUT2D eigenvalue weighted by atomic mass is 32.2. The van der Waals surface area contributed by atoms with Crippen LogP contribution in [-0.4, -0.2) is 171 Å². The van der Waals surface area contributed by atoms with Crippen molar-refractivity contribution in [1.82, 2.24) is 15.5 Å². The van der Waals surface area contributed by atoms with Gasteiger partial charge in [0.15, 0.2) is 17.9 Å². The quantitative estimate of drug-likeness (QED) is 0.0377. The molecule has 0 saturated carbocycles. The van der Waals surface area contributed by atoms with Crippen molar-refractivity contribution in [2.24, 2.45) is 5.73 Å². The molecule has 0 radical (unpaired) electrons. The SMILES string of the molecule is COc1cccc2c1C(=O)c1c(O)c3c(c(O)c1C2=O)C[C@@](O)(C(=O)CO)C[C@@H]3O[C@H]1C[C@H](NCCOCCN2C(=O)CC(SCCNC(=O)[C@@H](N)CO)C2=O)[C@H](O)[C@H](C)O1. The minimum absolute atomic E-state index is 0.00617. The molecule has 10 N–H and O–H groups in total. The third-order valence-electron chi connectivity index (χ3n) is 11.3. The van der Waals surface area contributed by atoms with E-state index in [4.69, 9.17) is 29.8 Å². The van der Waals surface area contributed by atoms with E-state index in [-0.39, 0.29) is 85.5 Å². The smallest absolute Gasteiger partial charge is 0.242 e. The van der Waals surface area contributed by atoms with Gasteiger partial charge in [-0.1, -0.05) is 12.1 Å². The summed E-state index contributed by atoms with van der Waals surface area (Å²) in [5.41, 5.74) is 1.46. The van der Waals surface area contributed by atoms with Crippen molar-refractivity contribution in [2.75, 3.05) is 58.9 Å². The third-order valence-corrected chi connectivity index (χ3v) is 12.5. The lowest BCUT2D eigenvalue weighted by atomic mass is 9.72. The summed E-state index contributed by atoms with van der Waals surface area (Å²) >= 11 is 1.22. The van der Waals surface area contributed by atoms with Crippen molar-refractivity contribution in [3.63, 3.8) is 0 Å². The van der Waals surface area contributed by atoms with Gasteiger partial charge >= 0.3 is 0 Å². The fourth-order valence-electron chi connectivity index (χ4n) is 8.10. The van der Waals surface area contributed by atoms with E-state index in [0.717, 1.165) is 4.90 Å². The van der Waals surface area contributed by atoms with Crippen molar-refractivity contribution in [2.45, 2.75) is 80.1 Å². The summed E-state index contributed by atoms with van der Waals surface area (Å²) in [6.07, 6.45) is -5.68. The molecule has 6 rings (SSSR count). The van der Waals surface area contributed by atoms with Crippen molar-refractivity contribution in [1.29, 1.82) is 0 Å². The molecule has 332 valence electrons. The summed E-state index contributed by atoms with van der Waals surface area (Å²) in [6, 6.07) is 2.60. The minimum Gasteiger partial charge on any atom is -0.507 e. The van der Waals surface area contributed by atoms with Crippen LogP contribution in [0.5, 0.6) is 17.2 Å². The van der Waals surface area contributed by atoms with Gasteiger partial charge in [-0.25, -0.2) is 0 Å². The number of phenols is 2. The standard InChI is InChI=1S/C40H50N4O16S/c1-18-33(49)22(42-6-9-58-10-8-44-27(48)13-25(39(44)55)61-11-7-43-38(54)21(41)16-45)12-28(59-18)60-24-15-40(56,26(47)17-46)14-20-30(24)37(53)32-31(35(20)51)34(50)19-4-3-5-23(57-2)29(19)36(32)52/h3-5,18,21-22,24-25,28,33,42,45-46,49,51,53,56H,6-17,41H2,1-2H3,(H,43,54)/t18-,21-,22-,24-,25?,28-,33+,40-/m0/s1. The molecule has 2 aliphatic heterocycles. The van der Waals surface area contributed by atoms with Crippen molar-refractivity contribution in [3.8, 4) is 17.2 Å². The van der Waals surface area contributed by atoms with E-state index in [2.05, 4.69) is 10.6 Å². The summed E-state index contributed by atoms with van der Waals surface area (Å²) in [6.45, 7) is 0.575. The number of Topliss-reactive ketones (excluding diaryl/α,β-unsaturated/α-hetero) is 1. The monoisotopic (exact) mass is 874 g/mol. The number of nitrogens with two attached hydrogens (primary N) is 1. The van der Waals surface area contributed by atoms with Gasteiger partial charge in [-0.15, -0.1) is 11.8 Å². The van der Waals surface area contributed by atoms with Gasteiger partial charge in [0.1, 0.15) is 35.5 Å². The molecule has 0 spiro atoms. The second kappa shape index (κ2) is 19.2. The summed E-state index contributed by atoms with van der Waals surface area (Å²) in [5, 5.41) is 69.8. The number of thioether (sulfide) groups is 1. The lowest BCUT2D eigenvalue weighted by molar-refractivity contribution is -0.250. The zero-order chi connectivity index (χ0) is 44.3. The number of benzene rings is 2. The molecule has 21 heteroatoms. The zero-order valence-electron chi connectivity index (χ0n) is 33.5. The van der Waals surface area contributed by atoms with Crippen LogP contribution in [0.3, 0.4) is 0 Å². The molecule has 1 unspecified atom stereocenters. The number of aliphatic hydroxyl groups is 4. The van der Waals surface area contributed by atoms with E-state index < -0.39 is 119 Å². The Morgan fingerprint density at radius 3 is 2.51 bits per heavy atom. The van der Waals surface area contributed by atoms with Gasteiger partial charge in [0.25, 0.3) is 0 Å². The molecule has 2 aromatic rings. The Morgan fingerprint density at radius 1 is 1.07 bits per heavy atom. The molecule has 2 fully saturated rings. The van der Waals surface area contributed by atoms with Crippen LogP contribution in [0.25, 0.3) is 0 Å². The number of amides is 3. The number of hydrogen-bond donors (Lipinski definition) is 9. The molecule has 2 aromatic carbocycles. The van der Waals surface area contributed by atoms with Crippen LogP contribution >= 0.6 is 11.8 Å². The first-order valence-electron chi connectivity index (χ1n) is 19.7. The average Bonchev–Trinajstić information content (AvgIpc) is 3.51. The first kappa shape index (κ1) is 46.0. The van der Waals surface area contributed by atoms with Gasteiger partial charge in [0.2, 0.25) is 23.5 Å². The highest BCUT2D eigenvalue weighted by molar-refractivity contribution is 8.00. The van der Waals surface area contributed by atoms with Gasteiger partial charge in [0, 0.05) is 67.3 Å². The number of nitrogens with one attached hydrogen (secondary N) is 2.